The first-order valence-corrected chi connectivity index (χ1v) is 5.16. The number of benzene rings is 1. The molecule has 0 spiro atoms. The van der Waals surface area contributed by atoms with Gasteiger partial charge in [-0.2, -0.15) is 0 Å². The molecule has 0 saturated carbocycles. The van der Waals surface area contributed by atoms with Crippen molar-refractivity contribution in [3.8, 4) is 0 Å². The van der Waals surface area contributed by atoms with Crippen molar-refractivity contribution in [1.29, 1.82) is 0 Å². The minimum atomic E-state index is 0.644. The normalized spacial score (nSPS) is 10.9. The number of rotatable bonds is 2. The summed E-state index contributed by atoms with van der Waals surface area (Å²) in [6, 6.07) is 4.64. The van der Waals surface area contributed by atoms with Crippen LogP contribution in [0.5, 0.6) is 0 Å². The van der Waals surface area contributed by atoms with Crippen LogP contribution < -0.4 is 0 Å². The van der Waals surface area contributed by atoms with Gasteiger partial charge in [0.05, 0.1) is 0 Å². The zero-order chi connectivity index (χ0) is 10.0. The van der Waals surface area contributed by atoms with Crippen LogP contribution in [0.1, 0.15) is 48.9 Å². The van der Waals surface area contributed by atoms with Crippen LogP contribution in [-0.2, 0) is 6.42 Å². The molecule has 0 nitrogen and oxygen atoms in total. The van der Waals surface area contributed by atoms with E-state index in [-0.39, 0.29) is 0 Å². The molecule has 0 aromatic heterocycles. The van der Waals surface area contributed by atoms with Crippen LogP contribution in [0.15, 0.2) is 12.1 Å². The summed E-state index contributed by atoms with van der Waals surface area (Å²) in [7, 11) is 0. The number of hydrogen-bond donors (Lipinski definition) is 0. The predicted octanol–water partition coefficient (Wildman–Crippen LogP) is 3.99. The van der Waals surface area contributed by atoms with Crippen LogP contribution >= 0.6 is 0 Å². The molecular weight excluding hydrogens is 156 g/mol. The average molecular weight is 176 g/mol. The van der Waals surface area contributed by atoms with Crippen molar-refractivity contribution in [1.82, 2.24) is 0 Å². The molecule has 72 valence electrons. The molecule has 0 radical (unpaired) electrons. The molecule has 0 aliphatic rings. The molecule has 0 atom stereocenters. The molecule has 0 fully saturated rings. The second-order valence-corrected chi connectivity index (χ2v) is 4.15. The van der Waals surface area contributed by atoms with Crippen molar-refractivity contribution in [3.63, 3.8) is 0 Å². The largest absolute Gasteiger partial charge is 0.0613 e. The standard InChI is InChI=1S/C13H20/c1-6-12-7-10(4)13(9(2)3)11(5)8-12/h7-9H,6H2,1-5H3. The van der Waals surface area contributed by atoms with Gasteiger partial charge in [-0.25, -0.2) is 0 Å². The Morgan fingerprint density at radius 3 is 1.85 bits per heavy atom. The number of hydrogen-bond acceptors (Lipinski definition) is 0. The molecule has 1 aromatic rings. The molecule has 0 unspecified atom stereocenters. The highest BCUT2D eigenvalue weighted by molar-refractivity contribution is 5.39. The molecule has 0 bridgehead atoms. The Morgan fingerprint density at radius 2 is 1.54 bits per heavy atom. The fraction of sp³-hybridized carbons (Fsp3) is 0.538. The van der Waals surface area contributed by atoms with Gasteiger partial charge >= 0.3 is 0 Å². The first kappa shape index (κ1) is 10.3. The van der Waals surface area contributed by atoms with Crippen molar-refractivity contribution < 1.29 is 0 Å². The van der Waals surface area contributed by atoms with Gasteiger partial charge in [0, 0.05) is 0 Å². The summed E-state index contributed by atoms with van der Waals surface area (Å²) in [6.45, 7) is 11.2. The van der Waals surface area contributed by atoms with E-state index in [1.54, 1.807) is 0 Å². The van der Waals surface area contributed by atoms with Crippen LogP contribution in [0.3, 0.4) is 0 Å². The highest BCUT2D eigenvalue weighted by Crippen LogP contribution is 2.24. The minimum absolute atomic E-state index is 0.644. The van der Waals surface area contributed by atoms with Crippen molar-refractivity contribution in [2.45, 2.75) is 47.0 Å². The predicted molar refractivity (Wildman–Crippen MR) is 59.4 cm³/mol. The highest BCUT2D eigenvalue weighted by Gasteiger charge is 2.07. The van der Waals surface area contributed by atoms with Gasteiger partial charge in [0.2, 0.25) is 0 Å². The van der Waals surface area contributed by atoms with Gasteiger partial charge in [0.15, 0.2) is 0 Å². The number of aryl methyl sites for hydroxylation is 3. The first-order chi connectivity index (χ1) is 6.06. The molecule has 1 rings (SSSR count). The molecule has 0 aliphatic carbocycles. The van der Waals surface area contributed by atoms with Gasteiger partial charge in [0.1, 0.15) is 0 Å². The van der Waals surface area contributed by atoms with Gasteiger partial charge in [-0.15, -0.1) is 0 Å². The summed E-state index contributed by atoms with van der Waals surface area (Å²) in [6.07, 6.45) is 1.14. The van der Waals surface area contributed by atoms with Crippen LogP contribution in [0.2, 0.25) is 0 Å². The third-order valence-electron chi connectivity index (χ3n) is 2.64. The Labute approximate surface area is 82.0 Å². The Morgan fingerprint density at radius 1 is 1.08 bits per heavy atom. The molecule has 13 heavy (non-hydrogen) atoms. The van der Waals surface area contributed by atoms with E-state index in [2.05, 4.69) is 46.8 Å². The van der Waals surface area contributed by atoms with Gasteiger partial charge in [-0.3, -0.25) is 0 Å². The summed E-state index contributed by atoms with van der Waals surface area (Å²) in [5.41, 5.74) is 5.88. The molecule has 0 saturated heterocycles. The van der Waals surface area contributed by atoms with E-state index in [9.17, 15) is 0 Å². The van der Waals surface area contributed by atoms with E-state index < -0.39 is 0 Å². The lowest BCUT2D eigenvalue weighted by Gasteiger charge is -2.14. The summed E-state index contributed by atoms with van der Waals surface area (Å²) in [4.78, 5) is 0. The van der Waals surface area contributed by atoms with E-state index in [4.69, 9.17) is 0 Å². The van der Waals surface area contributed by atoms with Gasteiger partial charge in [-0.1, -0.05) is 32.9 Å². The quantitative estimate of drug-likeness (QED) is 0.639. The van der Waals surface area contributed by atoms with Gasteiger partial charge in [-0.05, 0) is 48.4 Å². The van der Waals surface area contributed by atoms with Crippen LogP contribution in [0.4, 0.5) is 0 Å². The SMILES string of the molecule is CCc1cc(C)c(C(C)C)c(C)c1. The Hall–Kier alpha value is -0.780. The van der Waals surface area contributed by atoms with E-state index in [1.165, 1.54) is 22.3 Å². The van der Waals surface area contributed by atoms with Crippen LogP contribution in [-0.4, -0.2) is 0 Å². The maximum Gasteiger partial charge on any atom is -0.0214 e. The summed E-state index contributed by atoms with van der Waals surface area (Å²) in [5, 5.41) is 0. The van der Waals surface area contributed by atoms with Crippen molar-refractivity contribution in [2.24, 2.45) is 0 Å². The molecule has 0 aliphatic heterocycles. The maximum atomic E-state index is 2.32. The van der Waals surface area contributed by atoms with Crippen molar-refractivity contribution in [3.05, 3.63) is 34.4 Å². The molecule has 0 heterocycles. The zero-order valence-electron chi connectivity index (χ0n) is 9.44. The summed E-state index contributed by atoms with van der Waals surface area (Å²) in [5.74, 6) is 0.644. The van der Waals surface area contributed by atoms with Crippen molar-refractivity contribution in [2.75, 3.05) is 0 Å². The van der Waals surface area contributed by atoms with E-state index >= 15 is 0 Å². The smallest absolute Gasteiger partial charge is 0.0214 e. The summed E-state index contributed by atoms with van der Waals surface area (Å²) >= 11 is 0. The highest BCUT2D eigenvalue weighted by atomic mass is 14.1. The lowest BCUT2D eigenvalue weighted by Crippen LogP contribution is -1.97. The van der Waals surface area contributed by atoms with Gasteiger partial charge in [0.25, 0.3) is 0 Å². The molecule has 0 amide bonds. The van der Waals surface area contributed by atoms with Crippen LogP contribution in [0.25, 0.3) is 0 Å². The van der Waals surface area contributed by atoms with Crippen LogP contribution in [0, 0.1) is 13.8 Å². The molecule has 1 aromatic carbocycles. The fourth-order valence-electron chi connectivity index (χ4n) is 2.18. The second kappa shape index (κ2) is 3.95. The topological polar surface area (TPSA) is 0 Å². The van der Waals surface area contributed by atoms with E-state index in [0.717, 1.165) is 6.42 Å². The average Bonchev–Trinajstić information content (AvgIpc) is 2.02. The maximum absolute atomic E-state index is 2.32. The molecule has 0 heteroatoms. The Kier molecular flexibility index (Phi) is 3.13. The molecule has 0 N–H and O–H groups in total. The van der Waals surface area contributed by atoms with Gasteiger partial charge < -0.3 is 0 Å². The third-order valence-corrected chi connectivity index (χ3v) is 2.64. The lowest BCUT2D eigenvalue weighted by molar-refractivity contribution is 0.843. The monoisotopic (exact) mass is 176 g/mol. The van der Waals surface area contributed by atoms with Crippen molar-refractivity contribution >= 4 is 0 Å². The summed E-state index contributed by atoms with van der Waals surface area (Å²) < 4.78 is 0. The lowest BCUT2D eigenvalue weighted by atomic mass is 9.91. The second-order valence-electron chi connectivity index (χ2n) is 4.15. The van der Waals surface area contributed by atoms with E-state index in [1.807, 2.05) is 0 Å². The minimum Gasteiger partial charge on any atom is -0.0613 e. The van der Waals surface area contributed by atoms with E-state index in [0.29, 0.717) is 5.92 Å². The fourth-order valence-corrected chi connectivity index (χ4v) is 2.18. The molecular formula is C13H20. The Balaban J connectivity index is 3.23. The Bertz CT molecular complexity index is 272. The first-order valence-electron chi connectivity index (χ1n) is 5.16. The third kappa shape index (κ3) is 2.12. The zero-order valence-corrected chi connectivity index (χ0v) is 9.44.